The van der Waals surface area contributed by atoms with Crippen molar-refractivity contribution >= 4 is 17.7 Å². The Hall–Kier alpha value is -3.02. The minimum atomic E-state index is -0.762. The summed E-state index contributed by atoms with van der Waals surface area (Å²) >= 11 is 0. The number of carbonyl (C=O) groups is 1. The maximum absolute atomic E-state index is 12.8. The van der Waals surface area contributed by atoms with E-state index >= 15 is 0 Å². The molecule has 118 valence electrons. The Labute approximate surface area is 132 Å². The summed E-state index contributed by atoms with van der Waals surface area (Å²) in [6, 6.07) is 11.7. The average molecular weight is 315 g/mol. The first-order valence-electron chi connectivity index (χ1n) is 6.85. The van der Waals surface area contributed by atoms with Crippen LogP contribution in [0.5, 0.6) is 0 Å². The van der Waals surface area contributed by atoms with Crippen LogP contribution in [0.2, 0.25) is 0 Å². The largest absolute Gasteiger partial charge is 0.454 e. The molecule has 2 aromatic rings. The van der Waals surface area contributed by atoms with Crippen molar-refractivity contribution < 1.29 is 18.8 Å². The molecule has 0 N–H and O–H groups in total. The van der Waals surface area contributed by atoms with E-state index in [-0.39, 0.29) is 11.5 Å². The second kappa shape index (κ2) is 7.31. The summed E-state index contributed by atoms with van der Waals surface area (Å²) in [6.07, 6.45) is 1.91. The number of carbonyl (C=O) groups excluding carboxylic acids is 1. The molecule has 0 amide bonds. The molecule has 0 aliphatic heterocycles. The van der Waals surface area contributed by atoms with E-state index < -0.39 is 17.0 Å². The predicted octanol–water partition coefficient (Wildman–Crippen LogP) is 4.05. The third kappa shape index (κ3) is 4.47. The summed E-state index contributed by atoms with van der Waals surface area (Å²) in [6.45, 7) is 1.56. The fourth-order valence-corrected chi connectivity index (χ4v) is 2.01. The summed E-state index contributed by atoms with van der Waals surface area (Å²) in [5.41, 5.74) is 0.859. The Morgan fingerprint density at radius 2 is 1.87 bits per heavy atom. The van der Waals surface area contributed by atoms with Crippen molar-refractivity contribution in [2.24, 2.45) is 0 Å². The normalized spacial score (nSPS) is 12.1. The van der Waals surface area contributed by atoms with Crippen LogP contribution < -0.4 is 0 Å². The number of para-hydroxylation sites is 1. The third-order valence-corrected chi connectivity index (χ3v) is 3.15. The quantitative estimate of drug-likeness (QED) is 0.361. The van der Waals surface area contributed by atoms with Gasteiger partial charge in [-0.25, -0.2) is 9.18 Å². The van der Waals surface area contributed by atoms with Crippen molar-refractivity contribution in [2.45, 2.75) is 13.0 Å². The van der Waals surface area contributed by atoms with E-state index in [2.05, 4.69) is 0 Å². The number of nitrogens with zero attached hydrogens (tertiary/aromatic N) is 1. The molecular weight excluding hydrogens is 301 g/mol. The second-order valence-electron chi connectivity index (χ2n) is 4.78. The molecule has 23 heavy (non-hydrogen) atoms. The van der Waals surface area contributed by atoms with Crippen molar-refractivity contribution in [1.82, 2.24) is 0 Å². The number of benzene rings is 2. The molecule has 2 rings (SSSR count). The average Bonchev–Trinajstić information content (AvgIpc) is 2.54. The molecule has 0 aromatic heterocycles. The standard InChI is InChI=1S/C17H14FNO4/c1-12(15-4-2-3-5-16(15)19(21)22)23-17(20)11-8-13-6-9-14(18)10-7-13/h2-12H,1H3. The van der Waals surface area contributed by atoms with Crippen LogP contribution in [0.15, 0.2) is 54.6 Å². The number of hydrogen-bond acceptors (Lipinski definition) is 4. The van der Waals surface area contributed by atoms with Crippen molar-refractivity contribution in [3.05, 3.63) is 81.7 Å². The van der Waals surface area contributed by atoms with Gasteiger partial charge in [0.05, 0.1) is 10.5 Å². The first kappa shape index (κ1) is 16.4. The van der Waals surface area contributed by atoms with Crippen LogP contribution in [0.4, 0.5) is 10.1 Å². The van der Waals surface area contributed by atoms with Gasteiger partial charge in [0, 0.05) is 12.1 Å². The second-order valence-corrected chi connectivity index (χ2v) is 4.78. The van der Waals surface area contributed by atoms with Gasteiger partial charge in [0.25, 0.3) is 5.69 Å². The van der Waals surface area contributed by atoms with E-state index in [1.807, 2.05) is 0 Å². The van der Waals surface area contributed by atoms with Gasteiger partial charge in [0.1, 0.15) is 11.9 Å². The number of halogens is 1. The van der Waals surface area contributed by atoms with Crippen LogP contribution in [-0.2, 0) is 9.53 Å². The van der Waals surface area contributed by atoms with Gasteiger partial charge in [-0.15, -0.1) is 0 Å². The minimum absolute atomic E-state index is 0.102. The van der Waals surface area contributed by atoms with Crippen LogP contribution in [0.25, 0.3) is 6.08 Å². The number of ether oxygens (including phenoxy) is 1. The van der Waals surface area contributed by atoms with Gasteiger partial charge in [0.2, 0.25) is 0 Å². The molecule has 1 unspecified atom stereocenters. The van der Waals surface area contributed by atoms with Crippen molar-refractivity contribution in [3.8, 4) is 0 Å². The highest BCUT2D eigenvalue weighted by Gasteiger charge is 2.20. The molecule has 0 fully saturated rings. The molecule has 5 nitrogen and oxygen atoms in total. The van der Waals surface area contributed by atoms with Crippen molar-refractivity contribution in [1.29, 1.82) is 0 Å². The van der Waals surface area contributed by atoms with E-state index in [0.29, 0.717) is 11.1 Å². The molecule has 0 saturated heterocycles. The SMILES string of the molecule is CC(OC(=O)C=Cc1ccc(F)cc1)c1ccccc1[N+](=O)[O-]. The zero-order chi connectivity index (χ0) is 16.8. The number of nitro groups is 1. The van der Waals surface area contributed by atoms with Crippen molar-refractivity contribution in [2.75, 3.05) is 0 Å². The summed E-state index contributed by atoms with van der Waals surface area (Å²) in [4.78, 5) is 22.2. The highest BCUT2D eigenvalue weighted by atomic mass is 19.1. The van der Waals surface area contributed by atoms with Crippen molar-refractivity contribution in [3.63, 3.8) is 0 Å². The van der Waals surface area contributed by atoms with Gasteiger partial charge in [-0.2, -0.15) is 0 Å². The lowest BCUT2D eigenvalue weighted by Gasteiger charge is -2.12. The first-order valence-corrected chi connectivity index (χ1v) is 6.85. The monoisotopic (exact) mass is 315 g/mol. The molecular formula is C17H14FNO4. The number of hydrogen-bond donors (Lipinski definition) is 0. The molecule has 0 saturated carbocycles. The van der Waals surface area contributed by atoms with Crippen LogP contribution in [-0.4, -0.2) is 10.9 Å². The van der Waals surface area contributed by atoms with E-state index in [1.54, 1.807) is 25.1 Å². The molecule has 6 heteroatoms. The van der Waals surface area contributed by atoms with Gasteiger partial charge >= 0.3 is 5.97 Å². The Morgan fingerprint density at radius 3 is 2.52 bits per heavy atom. The maximum Gasteiger partial charge on any atom is 0.331 e. The van der Waals surface area contributed by atoms with Crippen LogP contribution in [0.3, 0.4) is 0 Å². The third-order valence-electron chi connectivity index (χ3n) is 3.15. The summed E-state index contributed by atoms with van der Waals surface area (Å²) in [5.74, 6) is -1.00. The highest BCUT2D eigenvalue weighted by Crippen LogP contribution is 2.27. The van der Waals surface area contributed by atoms with Gasteiger partial charge in [0.15, 0.2) is 0 Å². The first-order chi connectivity index (χ1) is 11.0. The smallest absolute Gasteiger partial charge is 0.331 e. The summed E-state index contributed by atoms with van der Waals surface area (Å²) in [7, 11) is 0. The molecule has 0 bridgehead atoms. The Morgan fingerprint density at radius 1 is 1.22 bits per heavy atom. The number of nitro benzene ring substituents is 1. The lowest BCUT2D eigenvalue weighted by Crippen LogP contribution is -2.08. The molecule has 0 aliphatic rings. The Kier molecular flexibility index (Phi) is 5.19. The summed E-state index contributed by atoms with van der Waals surface area (Å²) < 4.78 is 17.9. The number of rotatable bonds is 5. The number of esters is 1. The van der Waals surface area contributed by atoms with Gasteiger partial charge < -0.3 is 4.74 Å². The van der Waals surface area contributed by atoms with E-state index in [0.717, 1.165) is 0 Å². The molecule has 0 aliphatic carbocycles. The van der Waals surface area contributed by atoms with Gasteiger partial charge in [-0.1, -0.05) is 24.3 Å². The van der Waals surface area contributed by atoms with Crippen LogP contribution >= 0.6 is 0 Å². The van der Waals surface area contributed by atoms with Gasteiger partial charge in [-0.3, -0.25) is 10.1 Å². The van der Waals surface area contributed by atoms with E-state index in [1.165, 1.54) is 42.5 Å². The molecule has 0 radical (unpaired) electrons. The Balaban J connectivity index is 2.05. The molecule has 2 aromatic carbocycles. The fraction of sp³-hybridized carbons (Fsp3) is 0.118. The molecule has 1 atom stereocenters. The van der Waals surface area contributed by atoms with Gasteiger partial charge in [-0.05, 0) is 36.8 Å². The van der Waals surface area contributed by atoms with Crippen LogP contribution in [0.1, 0.15) is 24.2 Å². The van der Waals surface area contributed by atoms with Crippen LogP contribution in [0, 0.1) is 15.9 Å². The zero-order valence-electron chi connectivity index (χ0n) is 12.3. The zero-order valence-corrected chi connectivity index (χ0v) is 12.3. The summed E-state index contributed by atoms with van der Waals surface area (Å²) in [5, 5.41) is 11.0. The minimum Gasteiger partial charge on any atom is -0.454 e. The van der Waals surface area contributed by atoms with E-state index in [4.69, 9.17) is 4.74 Å². The predicted molar refractivity (Wildman–Crippen MR) is 83.0 cm³/mol. The highest BCUT2D eigenvalue weighted by molar-refractivity contribution is 5.87. The maximum atomic E-state index is 12.8. The lowest BCUT2D eigenvalue weighted by atomic mass is 10.1. The topological polar surface area (TPSA) is 69.4 Å². The Bertz CT molecular complexity index is 741. The van der Waals surface area contributed by atoms with E-state index in [9.17, 15) is 19.3 Å². The lowest BCUT2D eigenvalue weighted by molar-refractivity contribution is -0.386. The molecule has 0 heterocycles. The molecule has 0 spiro atoms. The fourth-order valence-electron chi connectivity index (χ4n) is 2.01.